The number of hydrogen-bond acceptors (Lipinski definition) is 8. The number of aromatic nitrogens is 1. The smallest absolute Gasteiger partial charge is 0.506 e. The number of pyridine rings is 1. The van der Waals surface area contributed by atoms with Gasteiger partial charge < -0.3 is 29.5 Å². The maximum atomic E-state index is 13.9. The Balaban J connectivity index is 0.00000176. The van der Waals surface area contributed by atoms with Gasteiger partial charge in [-0.1, -0.05) is 13.8 Å². The van der Waals surface area contributed by atoms with Crippen LogP contribution in [0.4, 0.5) is 13.7 Å². The highest BCUT2D eigenvalue weighted by atomic mass is 19.3. The van der Waals surface area contributed by atoms with Gasteiger partial charge in [-0.3, -0.25) is 0 Å². The van der Waals surface area contributed by atoms with E-state index in [0.29, 0.717) is 45.5 Å². The molecule has 0 saturated carbocycles. The number of hydrogen-bond donors (Lipinski definition) is 2. The van der Waals surface area contributed by atoms with E-state index >= 15 is 0 Å². The van der Waals surface area contributed by atoms with Gasteiger partial charge in [0.05, 0.1) is 23.5 Å². The van der Waals surface area contributed by atoms with Crippen LogP contribution in [0.2, 0.25) is 0 Å². The van der Waals surface area contributed by atoms with Gasteiger partial charge in [-0.05, 0) is 55.4 Å². The molecule has 3 heterocycles. The van der Waals surface area contributed by atoms with E-state index < -0.39 is 31.9 Å². The maximum Gasteiger partial charge on any atom is 0.506 e. The number of allylic oxidation sites excluding steroid dienone is 2. The van der Waals surface area contributed by atoms with Crippen molar-refractivity contribution >= 4 is 22.8 Å². The molecule has 11 heteroatoms. The lowest BCUT2D eigenvalue weighted by Crippen LogP contribution is -2.40. The Kier molecular flexibility index (Phi) is 8.83. The number of phenolic OH excluding ortho intramolecular Hbond substituents is 1. The average molecular weight is 508 g/mol. The second-order valence-electron chi connectivity index (χ2n) is 8.35. The molecule has 1 aromatic carbocycles. The monoisotopic (exact) mass is 507 g/mol. The number of halogens is 2. The Morgan fingerprint density at radius 1 is 1.25 bits per heavy atom. The Hall–Kier alpha value is -3.28. The van der Waals surface area contributed by atoms with Crippen molar-refractivity contribution in [3.8, 4) is 5.75 Å². The van der Waals surface area contributed by atoms with Crippen molar-refractivity contribution in [3.63, 3.8) is 0 Å². The number of benzene rings is 1. The maximum absolute atomic E-state index is 13.9. The van der Waals surface area contributed by atoms with Gasteiger partial charge in [-0.2, -0.15) is 4.94 Å². The van der Waals surface area contributed by atoms with Gasteiger partial charge in [0, 0.05) is 28.6 Å². The van der Waals surface area contributed by atoms with Crippen LogP contribution in [-0.4, -0.2) is 71.4 Å². The predicted octanol–water partition coefficient (Wildman–Crippen LogP) is 4.92. The van der Waals surface area contributed by atoms with E-state index in [-0.39, 0.29) is 17.9 Å². The van der Waals surface area contributed by atoms with Crippen LogP contribution in [0, 0.1) is 0 Å². The second kappa shape index (κ2) is 11.6. The minimum Gasteiger partial charge on any atom is -0.508 e. The van der Waals surface area contributed by atoms with Gasteiger partial charge in [0.2, 0.25) is 0 Å². The van der Waals surface area contributed by atoms with Crippen LogP contribution in [0.1, 0.15) is 43.8 Å². The molecule has 0 saturated heterocycles. The van der Waals surface area contributed by atoms with Crippen molar-refractivity contribution in [3.05, 3.63) is 52.2 Å². The van der Waals surface area contributed by atoms with Gasteiger partial charge in [0.25, 0.3) is 0 Å². The zero-order valence-electron chi connectivity index (χ0n) is 20.9. The van der Waals surface area contributed by atoms with Crippen molar-refractivity contribution < 1.29 is 38.3 Å². The Bertz CT molecular complexity index is 1180. The van der Waals surface area contributed by atoms with Crippen LogP contribution in [0.15, 0.2) is 35.4 Å². The van der Waals surface area contributed by atoms with E-state index in [4.69, 9.17) is 14.8 Å². The third kappa shape index (κ3) is 5.13. The van der Waals surface area contributed by atoms with Gasteiger partial charge in [-0.25, -0.2) is 14.2 Å². The number of phenols is 1. The number of carboxylic acid groups (broad SMARTS) is 1. The number of ether oxygens (including phenoxy) is 2. The molecule has 0 bridgehead atoms. The van der Waals surface area contributed by atoms with Crippen LogP contribution >= 0.6 is 0 Å². The summed E-state index contributed by atoms with van der Waals surface area (Å²) in [6.45, 7) is 4.68. The molecule has 1 aromatic heterocycles. The SMILES string of the molecule is CC.CC1=C(COC(=O)O)C(OF)N2C(=C1)c1nc3ccc(O)c(CN(C)C)c3cc1C2OCCF. The molecule has 0 amide bonds. The first-order chi connectivity index (χ1) is 17.3. The predicted molar refractivity (Wildman–Crippen MR) is 129 cm³/mol. The summed E-state index contributed by atoms with van der Waals surface area (Å²) in [6, 6.07) is 5.06. The molecule has 196 valence electrons. The van der Waals surface area contributed by atoms with E-state index in [2.05, 4.69) is 9.68 Å². The number of rotatable bonds is 8. The third-order valence-electron chi connectivity index (χ3n) is 5.83. The molecule has 0 aliphatic carbocycles. The first kappa shape index (κ1) is 27.3. The van der Waals surface area contributed by atoms with Crippen molar-refractivity contribution in [1.29, 1.82) is 0 Å². The fraction of sp³-hybridized carbons (Fsp3) is 0.440. The lowest BCUT2D eigenvalue weighted by Gasteiger charge is -2.36. The zero-order chi connectivity index (χ0) is 26.6. The van der Waals surface area contributed by atoms with Gasteiger partial charge in [0.15, 0.2) is 12.5 Å². The third-order valence-corrected chi connectivity index (χ3v) is 5.83. The number of alkyl halides is 1. The molecule has 2 N–H and O–H groups in total. The van der Waals surface area contributed by atoms with Crippen LogP contribution < -0.4 is 0 Å². The minimum atomic E-state index is -1.51. The molecule has 2 aliphatic rings. The fourth-order valence-electron chi connectivity index (χ4n) is 4.38. The molecule has 4 rings (SSSR count). The van der Waals surface area contributed by atoms with Gasteiger partial charge >= 0.3 is 6.16 Å². The molecule has 2 aliphatic heterocycles. The number of carbonyl (C=O) groups is 1. The molecule has 2 unspecified atom stereocenters. The van der Waals surface area contributed by atoms with Crippen molar-refractivity contribution in [2.75, 3.05) is 34.0 Å². The molecule has 0 fully saturated rings. The summed E-state index contributed by atoms with van der Waals surface area (Å²) in [5.74, 6) is 0.106. The van der Waals surface area contributed by atoms with Crippen LogP contribution in [-0.2, 0) is 21.0 Å². The first-order valence-corrected chi connectivity index (χ1v) is 11.6. The van der Waals surface area contributed by atoms with Crippen molar-refractivity contribution in [2.45, 2.75) is 39.8 Å². The number of nitrogens with zero attached hydrogens (tertiary/aromatic N) is 3. The topological polar surface area (TPSA) is 105 Å². The highest BCUT2D eigenvalue weighted by molar-refractivity contribution is 5.89. The molecule has 2 aromatic rings. The molecule has 0 spiro atoms. The van der Waals surface area contributed by atoms with E-state index in [1.807, 2.05) is 32.8 Å². The molecular weight excluding hydrogens is 476 g/mol. The van der Waals surface area contributed by atoms with Gasteiger partial charge in [0.1, 0.15) is 19.0 Å². The standard InChI is InChI=1S/C23H25F2N3O6.C2H6/c1-12-8-18-20-14(9-13-15(10-27(2)3)19(29)5-4-17(13)26-20)21(32-7-6-24)28(18)22(34-25)16(12)11-33-23(30)31;1-2/h4-5,8-9,21-22,29H,6-7,10-11H2,1-3H3,(H,30,31);1-2H3. The summed E-state index contributed by atoms with van der Waals surface area (Å²) in [5.41, 5.74) is 3.59. The minimum absolute atomic E-state index is 0.106. The Morgan fingerprint density at radius 3 is 2.58 bits per heavy atom. The van der Waals surface area contributed by atoms with E-state index in [9.17, 15) is 18.8 Å². The van der Waals surface area contributed by atoms with E-state index in [1.165, 1.54) is 4.90 Å². The summed E-state index contributed by atoms with van der Waals surface area (Å²) >= 11 is 0. The normalized spacial score (nSPS) is 18.6. The number of aromatic hydroxyl groups is 1. The molecule has 36 heavy (non-hydrogen) atoms. The summed E-state index contributed by atoms with van der Waals surface area (Å²) in [7, 11) is 3.74. The quantitative estimate of drug-likeness (QED) is 0.482. The molecule has 9 nitrogen and oxygen atoms in total. The molecule has 2 atom stereocenters. The van der Waals surface area contributed by atoms with Gasteiger partial charge in [-0.15, -0.1) is 0 Å². The van der Waals surface area contributed by atoms with Crippen LogP contribution in [0.3, 0.4) is 0 Å². The lowest BCUT2D eigenvalue weighted by atomic mass is 10.0. The molecule has 0 radical (unpaired) electrons. The zero-order valence-corrected chi connectivity index (χ0v) is 20.9. The summed E-state index contributed by atoms with van der Waals surface area (Å²) in [5, 5.41) is 20.1. The van der Waals surface area contributed by atoms with E-state index in [0.717, 1.165) is 0 Å². The summed E-state index contributed by atoms with van der Waals surface area (Å²) < 4.78 is 37.4. The van der Waals surface area contributed by atoms with Crippen molar-refractivity contribution in [1.82, 2.24) is 14.8 Å². The average Bonchev–Trinajstić information content (AvgIpc) is 3.14. The van der Waals surface area contributed by atoms with E-state index in [1.54, 1.807) is 31.2 Å². The molecular formula is C25H31F2N3O6. The highest BCUT2D eigenvalue weighted by Gasteiger charge is 2.45. The fourth-order valence-corrected chi connectivity index (χ4v) is 4.38. The lowest BCUT2D eigenvalue weighted by molar-refractivity contribution is -0.230. The second-order valence-corrected chi connectivity index (χ2v) is 8.35. The number of fused-ring (bicyclic) bond motifs is 4. The summed E-state index contributed by atoms with van der Waals surface area (Å²) in [4.78, 5) is 23.3. The first-order valence-electron chi connectivity index (χ1n) is 11.6. The Morgan fingerprint density at radius 2 is 1.97 bits per heavy atom. The van der Waals surface area contributed by atoms with Crippen LogP contribution in [0.25, 0.3) is 16.6 Å². The summed E-state index contributed by atoms with van der Waals surface area (Å²) in [6.07, 6.45) is -2.12. The highest BCUT2D eigenvalue weighted by Crippen LogP contribution is 2.48. The largest absolute Gasteiger partial charge is 0.508 e. The van der Waals surface area contributed by atoms with Crippen molar-refractivity contribution in [2.24, 2.45) is 0 Å². The Labute approximate surface area is 208 Å². The van der Waals surface area contributed by atoms with Crippen LogP contribution in [0.5, 0.6) is 5.75 Å².